The van der Waals surface area contributed by atoms with Crippen LogP contribution in [0.5, 0.6) is 6.01 Å². The summed E-state index contributed by atoms with van der Waals surface area (Å²) in [6, 6.07) is 7.31. The molecule has 0 radical (unpaired) electrons. The van der Waals surface area contributed by atoms with Gasteiger partial charge in [0.05, 0.1) is 19.3 Å². The van der Waals surface area contributed by atoms with Crippen molar-refractivity contribution in [2.24, 2.45) is 0 Å². The number of hydrogen-bond donors (Lipinski definition) is 1. The first-order valence-electron chi connectivity index (χ1n) is 9.17. The Kier molecular flexibility index (Phi) is 7.88. The van der Waals surface area contributed by atoms with E-state index in [0.29, 0.717) is 36.5 Å². The number of Topliss-reactive ketones (excluding diaryl/α,β-unsaturated/α-hetero) is 1. The number of benzene rings is 1. The van der Waals surface area contributed by atoms with Crippen molar-refractivity contribution in [1.82, 2.24) is 19.5 Å². The summed E-state index contributed by atoms with van der Waals surface area (Å²) in [5.41, 5.74) is 2.22. The summed E-state index contributed by atoms with van der Waals surface area (Å²) in [7, 11) is 1.58. The van der Waals surface area contributed by atoms with Gasteiger partial charge in [-0.1, -0.05) is 44.5 Å². The Morgan fingerprint density at radius 1 is 1.21 bits per heavy atom. The van der Waals surface area contributed by atoms with Gasteiger partial charge in [0.25, 0.3) is 0 Å². The number of carbonyl (C=O) groups excluding carboxylic acids is 1. The Morgan fingerprint density at radius 3 is 2.50 bits per heavy atom. The summed E-state index contributed by atoms with van der Waals surface area (Å²) in [6.45, 7) is 6.83. The van der Waals surface area contributed by atoms with Crippen molar-refractivity contribution in [3.8, 4) is 6.01 Å². The number of methoxy groups -OCH3 is 1. The second-order valence-electron chi connectivity index (χ2n) is 6.21. The van der Waals surface area contributed by atoms with E-state index < -0.39 is 0 Å². The largest absolute Gasteiger partial charge is 0.461 e. The first-order valence-corrected chi connectivity index (χ1v) is 9.17. The fraction of sp³-hybridized carbons (Fsp3) is 0.400. The minimum atomic E-state index is -0.283. The maximum atomic E-state index is 12.2. The summed E-state index contributed by atoms with van der Waals surface area (Å²) < 4.78 is 11.8. The highest BCUT2D eigenvalue weighted by atomic mass is 16.5. The molecule has 1 N–H and O–H groups in total. The zero-order valence-corrected chi connectivity index (χ0v) is 16.7. The number of rotatable bonds is 7. The molecule has 2 aromatic heterocycles. The van der Waals surface area contributed by atoms with Crippen molar-refractivity contribution in [2.75, 3.05) is 20.3 Å². The molecule has 8 heteroatoms. The van der Waals surface area contributed by atoms with E-state index in [9.17, 15) is 9.59 Å². The van der Waals surface area contributed by atoms with Gasteiger partial charge in [0.1, 0.15) is 12.1 Å². The summed E-state index contributed by atoms with van der Waals surface area (Å²) in [5, 5.41) is 0. The second kappa shape index (κ2) is 10.4. The third-order valence-electron chi connectivity index (χ3n) is 3.71. The van der Waals surface area contributed by atoms with Gasteiger partial charge < -0.3 is 14.5 Å². The molecule has 0 unspecified atom stereocenters. The van der Waals surface area contributed by atoms with Crippen LogP contribution in [0, 0.1) is 0 Å². The molecule has 8 nitrogen and oxygen atoms in total. The number of nitrogens with one attached hydrogen (secondary N) is 1. The minimum Gasteiger partial charge on any atom is -0.461 e. The van der Waals surface area contributed by atoms with Crippen LogP contribution in [-0.2, 0) is 11.3 Å². The monoisotopic (exact) mass is 388 g/mol. The molecule has 152 valence electrons. The fourth-order valence-electron chi connectivity index (χ4n) is 2.39. The van der Waals surface area contributed by atoms with Crippen LogP contribution in [0.4, 0.5) is 0 Å². The zero-order chi connectivity index (χ0) is 20.5. The molecule has 0 fully saturated rings. The quantitative estimate of drug-likeness (QED) is 0.493. The van der Waals surface area contributed by atoms with Crippen LogP contribution in [0.1, 0.15) is 44.5 Å². The molecule has 0 bridgehead atoms. The number of imidazole rings is 1. The van der Waals surface area contributed by atoms with Gasteiger partial charge in [-0.25, -0.2) is 9.78 Å². The van der Waals surface area contributed by atoms with Crippen LogP contribution in [0.25, 0.3) is 11.2 Å². The summed E-state index contributed by atoms with van der Waals surface area (Å²) in [4.78, 5) is 34.6. The van der Waals surface area contributed by atoms with Crippen molar-refractivity contribution in [3.63, 3.8) is 0 Å². The smallest absolute Gasteiger partial charge is 0.328 e. The van der Waals surface area contributed by atoms with Crippen LogP contribution in [-0.4, -0.2) is 45.6 Å². The molecule has 0 spiro atoms. The summed E-state index contributed by atoms with van der Waals surface area (Å²) >= 11 is 0. The third kappa shape index (κ3) is 5.50. The molecule has 3 aromatic rings. The average Bonchev–Trinajstić information content (AvgIpc) is 2.98. The fourth-order valence-corrected chi connectivity index (χ4v) is 2.39. The number of ether oxygens (including phenoxy) is 2. The molecule has 28 heavy (non-hydrogen) atoms. The number of nitrogens with zero attached hydrogens (tertiary/aromatic N) is 3. The molecular formula is C20H28N4O4. The number of H-pyrrole nitrogens is 1. The minimum absolute atomic E-state index is 0. The molecule has 0 atom stereocenters. The van der Waals surface area contributed by atoms with Crippen molar-refractivity contribution < 1.29 is 15.7 Å². The lowest BCUT2D eigenvalue weighted by Gasteiger charge is -2.06. The van der Waals surface area contributed by atoms with Gasteiger partial charge in [0, 0.05) is 14.1 Å². The van der Waals surface area contributed by atoms with Gasteiger partial charge in [0.2, 0.25) is 0 Å². The van der Waals surface area contributed by atoms with Crippen LogP contribution >= 0.6 is 0 Å². The SMILES string of the molecule is CCC.COCCOc1ncc2[nH]c(=O)n(Cc3ccc(C(C)=O)cc3)c2n1.[HH]. The normalized spacial score (nSPS) is 10.4. The molecule has 0 saturated heterocycles. The van der Waals surface area contributed by atoms with Crippen LogP contribution in [0.15, 0.2) is 35.3 Å². The van der Waals surface area contributed by atoms with Gasteiger partial charge in [-0.05, 0) is 12.5 Å². The number of hydrogen-bond acceptors (Lipinski definition) is 6. The lowest BCUT2D eigenvalue weighted by molar-refractivity contribution is 0.101. The lowest BCUT2D eigenvalue weighted by atomic mass is 10.1. The van der Waals surface area contributed by atoms with E-state index in [1.165, 1.54) is 24.1 Å². The summed E-state index contributed by atoms with van der Waals surface area (Å²) in [6.07, 6.45) is 2.77. The maximum Gasteiger partial charge on any atom is 0.328 e. The van der Waals surface area contributed by atoms with Gasteiger partial charge >= 0.3 is 11.7 Å². The first-order chi connectivity index (χ1) is 13.5. The van der Waals surface area contributed by atoms with E-state index in [-0.39, 0.29) is 18.9 Å². The predicted molar refractivity (Wildman–Crippen MR) is 109 cm³/mol. The summed E-state index contributed by atoms with van der Waals surface area (Å²) in [5.74, 6) is 0.00130. The average molecular weight is 388 g/mol. The van der Waals surface area contributed by atoms with Crippen LogP contribution in [0.3, 0.4) is 0 Å². The van der Waals surface area contributed by atoms with E-state index in [0.717, 1.165) is 5.56 Å². The van der Waals surface area contributed by atoms with E-state index in [1.54, 1.807) is 19.2 Å². The number of fused-ring (bicyclic) bond motifs is 1. The molecule has 0 amide bonds. The Labute approximate surface area is 165 Å². The van der Waals surface area contributed by atoms with Gasteiger partial charge in [-0.2, -0.15) is 4.98 Å². The Balaban J connectivity index is 0.000000990. The van der Waals surface area contributed by atoms with E-state index in [4.69, 9.17) is 9.47 Å². The molecule has 0 aliphatic rings. The van der Waals surface area contributed by atoms with E-state index in [2.05, 4.69) is 28.8 Å². The highest BCUT2D eigenvalue weighted by Gasteiger charge is 2.11. The van der Waals surface area contributed by atoms with Crippen LogP contribution < -0.4 is 10.4 Å². The highest BCUT2D eigenvalue weighted by Crippen LogP contribution is 2.13. The molecule has 3 rings (SSSR count). The van der Waals surface area contributed by atoms with Crippen molar-refractivity contribution >= 4 is 16.9 Å². The molecule has 1 aromatic carbocycles. The highest BCUT2D eigenvalue weighted by molar-refractivity contribution is 5.94. The van der Waals surface area contributed by atoms with E-state index in [1.807, 2.05) is 12.1 Å². The standard InChI is InChI=1S/C17H18N4O4.C3H8.H2/c1-11(22)13-5-3-12(4-6-13)10-21-15-14(19-17(21)23)9-18-16(20-15)25-8-7-24-2;1-3-2;/h3-6,9H,7-8,10H2,1-2H3,(H,19,23);3H2,1-2H3;1H. The first kappa shape index (κ1) is 21.3. The maximum absolute atomic E-state index is 12.2. The Hall–Kier alpha value is -3.00. The van der Waals surface area contributed by atoms with Crippen molar-refractivity contribution in [1.29, 1.82) is 0 Å². The zero-order valence-electron chi connectivity index (χ0n) is 16.7. The molecule has 2 heterocycles. The molecule has 0 aliphatic heterocycles. The number of ketones is 1. The Morgan fingerprint density at radius 2 is 1.89 bits per heavy atom. The topological polar surface area (TPSA) is 99.1 Å². The van der Waals surface area contributed by atoms with Crippen molar-refractivity contribution in [3.05, 3.63) is 52.1 Å². The molecular weight excluding hydrogens is 360 g/mol. The second-order valence-corrected chi connectivity index (χ2v) is 6.21. The van der Waals surface area contributed by atoms with Crippen molar-refractivity contribution in [2.45, 2.75) is 33.7 Å². The third-order valence-corrected chi connectivity index (χ3v) is 3.71. The van der Waals surface area contributed by atoms with Crippen LogP contribution in [0.2, 0.25) is 0 Å². The number of carbonyl (C=O) groups is 1. The lowest BCUT2D eigenvalue weighted by Crippen LogP contribution is -2.18. The van der Waals surface area contributed by atoms with Gasteiger partial charge in [-0.3, -0.25) is 9.36 Å². The number of aromatic amines is 1. The van der Waals surface area contributed by atoms with Gasteiger partial charge in [-0.15, -0.1) is 0 Å². The Bertz CT molecular complexity index is 967. The predicted octanol–water partition coefficient (Wildman–Crippen LogP) is 3.06. The molecule has 0 aliphatic carbocycles. The van der Waals surface area contributed by atoms with Gasteiger partial charge in [0.15, 0.2) is 11.4 Å². The van der Waals surface area contributed by atoms with E-state index >= 15 is 0 Å². The number of aromatic nitrogens is 4. The molecule has 0 saturated carbocycles.